The van der Waals surface area contributed by atoms with E-state index in [-0.39, 0.29) is 5.91 Å². The Morgan fingerprint density at radius 2 is 1.76 bits per heavy atom. The monoisotopic (exact) mass is 437 g/mol. The molecule has 1 N–H and O–H groups in total. The molecular weight excluding hydrogens is 406 g/mol. The number of rotatable bonds is 4. The molecule has 2 aliphatic rings. The Balaban J connectivity index is 1.78. The van der Waals surface area contributed by atoms with Crippen molar-refractivity contribution >= 4 is 40.5 Å². The van der Waals surface area contributed by atoms with E-state index in [4.69, 9.17) is 28.6 Å². The molecule has 0 aromatic heterocycles. The van der Waals surface area contributed by atoms with Crippen molar-refractivity contribution in [2.45, 2.75) is 70.4 Å². The van der Waals surface area contributed by atoms with Gasteiger partial charge in [-0.1, -0.05) is 37.3 Å². The molecule has 0 atom stereocenters. The molecule has 160 valence electrons. The lowest BCUT2D eigenvalue weighted by atomic mass is 9.98. The standard InChI is InChI=1S/C22H32ClN3O2S/c1-16(27)25-13-11-19(12-14-25)26(18-7-5-3-4-6-8-18)22(29)24-20-10-9-17(23)15-21(20)28-2/h9-10,15,18-19H,3-8,11-14H2,1-2H3,(H,24,29). The third-order valence-electron chi connectivity index (χ3n) is 6.16. The molecule has 1 aliphatic heterocycles. The largest absolute Gasteiger partial charge is 0.495 e. The highest BCUT2D eigenvalue weighted by Gasteiger charge is 2.32. The van der Waals surface area contributed by atoms with Crippen LogP contribution in [0.3, 0.4) is 0 Å². The fourth-order valence-corrected chi connectivity index (χ4v) is 5.14. The van der Waals surface area contributed by atoms with Crippen LogP contribution < -0.4 is 10.1 Å². The summed E-state index contributed by atoms with van der Waals surface area (Å²) < 4.78 is 5.49. The molecule has 1 amide bonds. The molecule has 0 radical (unpaired) electrons. The van der Waals surface area contributed by atoms with Gasteiger partial charge in [-0.2, -0.15) is 0 Å². The Bertz CT molecular complexity index is 714. The SMILES string of the molecule is COc1cc(Cl)ccc1NC(=S)N(C1CCCCCC1)C1CCN(C(C)=O)CC1. The van der Waals surface area contributed by atoms with Gasteiger partial charge in [-0.15, -0.1) is 0 Å². The minimum absolute atomic E-state index is 0.163. The van der Waals surface area contributed by atoms with Crippen LogP contribution in [0.25, 0.3) is 0 Å². The van der Waals surface area contributed by atoms with E-state index < -0.39 is 0 Å². The first-order chi connectivity index (χ1) is 14.0. The molecule has 29 heavy (non-hydrogen) atoms. The molecule has 0 unspecified atom stereocenters. The molecule has 0 spiro atoms. The van der Waals surface area contributed by atoms with Crippen LogP contribution in [0.15, 0.2) is 18.2 Å². The summed E-state index contributed by atoms with van der Waals surface area (Å²) in [7, 11) is 1.64. The van der Waals surface area contributed by atoms with Gasteiger partial charge in [0, 0.05) is 43.2 Å². The van der Waals surface area contributed by atoms with Gasteiger partial charge in [0.05, 0.1) is 12.8 Å². The first-order valence-electron chi connectivity index (χ1n) is 10.7. The lowest BCUT2D eigenvalue weighted by Gasteiger charge is -2.43. The van der Waals surface area contributed by atoms with Gasteiger partial charge < -0.3 is 19.9 Å². The van der Waals surface area contributed by atoms with E-state index in [1.54, 1.807) is 20.1 Å². The number of carbonyl (C=O) groups excluding carboxylic acids is 1. The first-order valence-corrected chi connectivity index (χ1v) is 11.5. The van der Waals surface area contributed by atoms with Gasteiger partial charge in [0.2, 0.25) is 5.91 Å². The molecule has 5 nitrogen and oxygen atoms in total. The van der Waals surface area contributed by atoms with Crippen LogP contribution >= 0.6 is 23.8 Å². The number of anilines is 1. The number of likely N-dealkylation sites (tertiary alicyclic amines) is 1. The third kappa shape index (κ3) is 5.76. The van der Waals surface area contributed by atoms with E-state index in [9.17, 15) is 4.79 Å². The van der Waals surface area contributed by atoms with Gasteiger partial charge in [0.25, 0.3) is 0 Å². The van der Waals surface area contributed by atoms with Crippen LogP contribution in [0.1, 0.15) is 58.3 Å². The number of hydrogen-bond acceptors (Lipinski definition) is 3. The number of methoxy groups -OCH3 is 1. The highest BCUT2D eigenvalue weighted by Crippen LogP contribution is 2.31. The number of piperidine rings is 1. The zero-order valence-electron chi connectivity index (χ0n) is 17.5. The number of halogens is 1. The van der Waals surface area contributed by atoms with E-state index in [0.29, 0.717) is 22.9 Å². The number of benzene rings is 1. The summed E-state index contributed by atoms with van der Waals surface area (Å²) in [5, 5.41) is 4.81. The summed E-state index contributed by atoms with van der Waals surface area (Å²) in [4.78, 5) is 16.1. The van der Waals surface area contributed by atoms with Crippen molar-refractivity contribution in [2.75, 3.05) is 25.5 Å². The van der Waals surface area contributed by atoms with Crippen molar-refractivity contribution in [2.24, 2.45) is 0 Å². The highest BCUT2D eigenvalue weighted by atomic mass is 35.5. The number of thiocarbonyl (C=S) groups is 1. The zero-order valence-corrected chi connectivity index (χ0v) is 19.0. The van der Waals surface area contributed by atoms with Gasteiger partial charge in [0.1, 0.15) is 5.75 Å². The Hall–Kier alpha value is -1.53. The molecule has 1 saturated carbocycles. The number of carbonyl (C=O) groups is 1. The van der Waals surface area contributed by atoms with Crippen molar-refractivity contribution in [3.63, 3.8) is 0 Å². The summed E-state index contributed by atoms with van der Waals surface area (Å²) >= 11 is 12.0. The fourth-order valence-electron chi connectivity index (χ4n) is 4.57. The maximum atomic E-state index is 11.7. The maximum absolute atomic E-state index is 11.7. The normalized spacial score (nSPS) is 18.8. The molecule has 1 aromatic rings. The smallest absolute Gasteiger partial charge is 0.219 e. The third-order valence-corrected chi connectivity index (χ3v) is 6.71. The van der Waals surface area contributed by atoms with Gasteiger partial charge >= 0.3 is 0 Å². The number of ether oxygens (including phenoxy) is 1. The predicted octanol–water partition coefficient (Wildman–Crippen LogP) is 5.08. The van der Waals surface area contributed by atoms with Gasteiger partial charge in [0.15, 0.2) is 5.11 Å². The van der Waals surface area contributed by atoms with Crippen LogP contribution in [-0.2, 0) is 4.79 Å². The fraction of sp³-hybridized carbons (Fsp3) is 0.636. The maximum Gasteiger partial charge on any atom is 0.219 e. The van der Waals surface area contributed by atoms with Gasteiger partial charge in [-0.3, -0.25) is 4.79 Å². The zero-order chi connectivity index (χ0) is 20.8. The minimum Gasteiger partial charge on any atom is -0.495 e. The van der Waals surface area contributed by atoms with E-state index in [2.05, 4.69) is 10.2 Å². The summed E-state index contributed by atoms with van der Waals surface area (Å²) in [6.07, 6.45) is 9.36. The summed E-state index contributed by atoms with van der Waals surface area (Å²) in [5.41, 5.74) is 0.835. The number of hydrogen-bond donors (Lipinski definition) is 1. The first kappa shape index (κ1) is 22.2. The summed E-state index contributed by atoms with van der Waals surface area (Å²) in [6.45, 7) is 3.26. The molecule has 7 heteroatoms. The molecule has 3 rings (SSSR count). The van der Waals surface area contributed by atoms with Crippen LogP contribution in [0.2, 0.25) is 5.02 Å². The Labute approximate surface area is 184 Å². The van der Waals surface area contributed by atoms with Gasteiger partial charge in [-0.25, -0.2) is 0 Å². The van der Waals surface area contributed by atoms with E-state index in [0.717, 1.165) is 36.7 Å². The molecule has 1 aromatic carbocycles. The Morgan fingerprint density at radius 1 is 1.14 bits per heavy atom. The van der Waals surface area contributed by atoms with Crippen molar-refractivity contribution in [3.8, 4) is 5.75 Å². The van der Waals surface area contributed by atoms with Gasteiger partial charge in [-0.05, 0) is 50.0 Å². The van der Waals surface area contributed by atoms with Crippen molar-refractivity contribution < 1.29 is 9.53 Å². The van der Waals surface area contributed by atoms with Crippen LogP contribution in [0.4, 0.5) is 5.69 Å². The molecule has 0 bridgehead atoms. The number of nitrogens with zero attached hydrogens (tertiary/aromatic N) is 2. The van der Waals surface area contributed by atoms with E-state index in [1.807, 2.05) is 17.0 Å². The van der Waals surface area contributed by atoms with E-state index >= 15 is 0 Å². The van der Waals surface area contributed by atoms with Crippen molar-refractivity contribution in [1.82, 2.24) is 9.80 Å². The molecule has 1 aliphatic carbocycles. The Kier molecular flexibility index (Phi) is 8.01. The average molecular weight is 438 g/mol. The van der Waals surface area contributed by atoms with Crippen LogP contribution in [0.5, 0.6) is 5.75 Å². The quantitative estimate of drug-likeness (QED) is 0.525. The second-order valence-electron chi connectivity index (χ2n) is 8.06. The summed E-state index contributed by atoms with van der Waals surface area (Å²) in [6, 6.07) is 6.36. The molecular formula is C22H32ClN3O2S. The molecule has 1 heterocycles. The van der Waals surface area contributed by atoms with Crippen LogP contribution in [-0.4, -0.2) is 53.1 Å². The number of nitrogens with one attached hydrogen (secondary N) is 1. The summed E-state index contributed by atoms with van der Waals surface area (Å²) in [5.74, 6) is 0.850. The lowest BCUT2D eigenvalue weighted by molar-refractivity contribution is -0.130. The second-order valence-corrected chi connectivity index (χ2v) is 8.89. The molecule has 1 saturated heterocycles. The minimum atomic E-state index is 0.163. The van der Waals surface area contributed by atoms with Crippen LogP contribution in [0, 0.1) is 0 Å². The highest BCUT2D eigenvalue weighted by molar-refractivity contribution is 7.80. The number of amides is 1. The molecule has 2 fully saturated rings. The topological polar surface area (TPSA) is 44.8 Å². The van der Waals surface area contributed by atoms with Crippen molar-refractivity contribution in [1.29, 1.82) is 0 Å². The Morgan fingerprint density at radius 3 is 2.34 bits per heavy atom. The second kappa shape index (κ2) is 10.5. The average Bonchev–Trinajstić information content (AvgIpc) is 2.99. The lowest BCUT2D eigenvalue weighted by Crippen LogP contribution is -2.53. The van der Waals surface area contributed by atoms with Crippen molar-refractivity contribution in [3.05, 3.63) is 23.2 Å². The predicted molar refractivity (Wildman–Crippen MR) is 123 cm³/mol. The van der Waals surface area contributed by atoms with E-state index in [1.165, 1.54) is 38.5 Å².